The molecule has 1 fully saturated rings. The van der Waals surface area contributed by atoms with E-state index in [9.17, 15) is 14.7 Å². The summed E-state index contributed by atoms with van der Waals surface area (Å²) in [7, 11) is 0. The van der Waals surface area contributed by atoms with Gasteiger partial charge in [0.05, 0.1) is 16.2 Å². The van der Waals surface area contributed by atoms with E-state index in [0.29, 0.717) is 16.2 Å². The minimum absolute atomic E-state index is 0.119. The average Bonchev–Trinajstić information content (AvgIpc) is 2.73. The maximum absolute atomic E-state index is 13.5. The molecule has 0 aliphatic carbocycles. The van der Waals surface area contributed by atoms with Crippen LogP contribution < -0.4 is 5.43 Å². The quantitative estimate of drug-likeness (QED) is 0.602. The van der Waals surface area contributed by atoms with Gasteiger partial charge >= 0.3 is 5.97 Å². The molecule has 1 aromatic carbocycles. The Morgan fingerprint density at radius 2 is 1.81 bits per heavy atom. The van der Waals surface area contributed by atoms with Crippen molar-refractivity contribution in [1.29, 1.82) is 0 Å². The van der Waals surface area contributed by atoms with Crippen LogP contribution in [0.1, 0.15) is 62.7 Å². The number of carbonyl (C=O) groups is 1. The molecule has 31 heavy (non-hydrogen) atoms. The highest BCUT2D eigenvalue weighted by atomic mass is 32.2. The number of ether oxygens (including phenoxy) is 1. The van der Waals surface area contributed by atoms with Crippen molar-refractivity contribution in [3.63, 3.8) is 0 Å². The Balaban J connectivity index is 2.23. The van der Waals surface area contributed by atoms with Crippen LogP contribution in [0, 0.1) is 13.8 Å². The number of benzene rings is 1. The van der Waals surface area contributed by atoms with Crippen LogP contribution in [0.4, 0.5) is 0 Å². The fraction of sp³-hybridized carbons (Fsp3) is 0.500. The standard InChI is InChI=1S/C24H31NO4S2/c1-15-19(21(23(27)28)29-24(3,4)5)25(17-11-13-30-14-12-17)16(2)22(20(15)26)31-18-9-7-6-8-10-18/h6-10,17,21H,11-14H2,1-5H3,(H,27,28). The van der Waals surface area contributed by atoms with Gasteiger partial charge in [-0.2, -0.15) is 11.8 Å². The summed E-state index contributed by atoms with van der Waals surface area (Å²) in [5.41, 5.74) is 0.981. The SMILES string of the molecule is Cc1c(C(OC(C)(C)C)C(=O)O)n(C2CCSCC2)c(C)c(Sc2ccccc2)c1=O. The number of thioether (sulfide) groups is 1. The van der Waals surface area contributed by atoms with E-state index in [1.165, 1.54) is 11.8 Å². The van der Waals surface area contributed by atoms with Gasteiger partial charge in [0.2, 0.25) is 0 Å². The number of pyridine rings is 1. The maximum atomic E-state index is 13.5. The summed E-state index contributed by atoms with van der Waals surface area (Å²) >= 11 is 3.36. The van der Waals surface area contributed by atoms with Crippen molar-refractivity contribution in [1.82, 2.24) is 4.57 Å². The first-order valence-corrected chi connectivity index (χ1v) is 12.5. The third kappa shape index (κ3) is 5.57. The zero-order chi connectivity index (χ0) is 22.8. The number of carboxylic acid groups (broad SMARTS) is 1. The molecule has 5 nitrogen and oxygen atoms in total. The number of rotatable bonds is 6. The van der Waals surface area contributed by atoms with Gasteiger partial charge in [-0.15, -0.1) is 0 Å². The molecule has 1 atom stereocenters. The molecule has 2 heterocycles. The van der Waals surface area contributed by atoms with Crippen molar-refractivity contribution in [2.45, 2.75) is 75.0 Å². The topological polar surface area (TPSA) is 68.5 Å². The van der Waals surface area contributed by atoms with Crippen LogP contribution in [0.3, 0.4) is 0 Å². The predicted molar refractivity (Wildman–Crippen MR) is 128 cm³/mol. The molecule has 0 spiro atoms. The van der Waals surface area contributed by atoms with E-state index in [0.717, 1.165) is 34.9 Å². The van der Waals surface area contributed by atoms with Crippen molar-refractivity contribution in [2.75, 3.05) is 11.5 Å². The molecule has 7 heteroatoms. The third-order valence-corrected chi connectivity index (χ3v) is 7.59. The van der Waals surface area contributed by atoms with E-state index >= 15 is 0 Å². The van der Waals surface area contributed by atoms with Crippen LogP contribution in [-0.2, 0) is 9.53 Å². The van der Waals surface area contributed by atoms with Crippen molar-refractivity contribution in [2.24, 2.45) is 0 Å². The molecule has 1 N–H and O–H groups in total. The summed E-state index contributed by atoms with van der Waals surface area (Å²) < 4.78 is 8.10. The molecular formula is C24H31NO4S2. The maximum Gasteiger partial charge on any atom is 0.339 e. The highest BCUT2D eigenvalue weighted by Gasteiger charge is 2.35. The lowest BCUT2D eigenvalue weighted by Crippen LogP contribution is -2.35. The Hall–Kier alpha value is -1.70. The van der Waals surface area contributed by atoms with Crippen molar-refractivity contribution < 1.29 is 14.6 Å². The van der Waals surface area contributed by atoms with E-state index in [1.807, 2.05) is 69.8 Å². The normalized spacial score (nSPS) is 16.3. The second-order valence-corrected chi connectivity index (χ2v) is 11.1. The Labute approximate surface area is 192 Å². The van der Waals surface area contributed by atoms with Gasteiger partial charge in [0, 0.05) is 22.2 Å². The zero-order valence-electron chi connectivity index (χ0n) is 18.8. The highest BCUT2D eigenvalue weighted by Crippen LogP contribution is 2.38. The lowest BCUT2D eigenvalue weighted by Gasteiger charge is -2.34. The highest BCUT2D eigenvalue weighted by molar-refractivity contribution is 7.99. The minimum Gasteiger partial charge on any atom is -0.479 e. The van der Waals surface area contributed by atoms with E-state index in [1.54, 1.807) is 6.92 Å². The van der Waals surface area contributed by atoms with E-state index in [-0.39, 0.29) is 11.5 Å². The lowest BCUT2D eigenvalue weighted by atomic mass is 10.0. The van der Waals surface area contributed by atoms with Gasteiger partial charge in [0.25, 0.3) is 0 Å². The number of nitrogens with zero attached hydrogens (tertiary/aromatic N) is 1. The summed E-state index contributed by atoms with van der Waals surface area (Å²) in [5, 5.41) is 10.1. The lowest BCUT2D eigenvalue weighted by molar-refractivity contribution is -0.161. The summed E-state index contributed by atoms with van der Waals surface area (Å²) in [4.78, 5) is 27.4. The van der Waals surface area contributed by atoms with Crippen molar-refractivity contribution >= 4 is 29.5 Å². The van der Waals surface area contributed by atoms with E-state index in [4.69, 9.17) is 4.74 Å². The minimum atomic E-state index is -1.20. The monoisotopic (exact) mass is 461 g/mol. The largest absolute Gasteiger partial charge is 0.479 e. The van der Waals surface area contributed by atoms with Crippen LogP contribution >= 0.6 is 23.5 Å². The second kappa shape index (κ2) is 9.84. The molecule has 1 aliphatic rings. The molecule has 1 unspecified atom stereocenters. The van der Waals surface area contributed by atoms with Crippen molar-refractivity contribution in [3.05, 3.63) is 57.5 Å². The number of aliphatic carboxylic acids is 1. The fourth-order valence-corrected chi connectivity index (χ4v) is 6.06. The molecule has 2 aromatic rings. The average molecular weight is 462 g/mol. The number of hydrogen-bond donors (Lipinski definition) is 1. The molecule has 0 bridgehead atoms. The van der Waals surface area contributed by atoms with Gasteiger partial charge in [0.15, 0.2) is 11.5 Å². The molecule has 1 aliphatic heterocycles. The molecule has 0 amide bonds. The Bertz CT molecular complexity index is 989. The number of hydrogen-bond acceptors (Lipinski definition) is 5. The summed E-state index contributed by atoms with van der Waals surface area (Å²) in [6, 6.07) is 9.97. The molecule has 1 saturated heterocycles. The zero-order valence-corrected chi connectivity index (χ0v) is 20.4. The first-order valence-electron chi connectivity index (χ1n) is 10.6. The Kier molecular flexibility index (Phi) is 7.60. The third-order valence-electron chi connectivity index (χ3n) is 5.34. The van der Waals surface area contributed by atoms with Crippen molar-refractivity contribution in [3.8, 4) is 0 Å². The molecule has 168 valence electrons. The Morgan fingerprint density at radius 1 is 1.19 bits per heavy atom. The van der Waals surface area contributed by atoms with Crippen LogP contribution in [0.5, 0.6) is 0 Å². The number of aromatic nitrogens is 1. The van der Waals surface area contributed by atoms with E-state index < -0.39 is 17.7 Å². The van der Waals surface area contributed by atoms with Crippen LogP contribution in [0.2, 0.25) is 0 Å². The molecule has 1 aromatic heterocycles. The van der Waals surface area contributed by atoms with Crippen LogP contribution in [-0.4, -0.2) is 32.7 Å². The van der Waals surface area contributed by atoms with E-state index in [2.05, 4.69) is 4.57 Å². The van der Waals surface area contributed by atoms with Gasteiger partial charge < -0.3 is 14.4 Å². The predicted octanol–water partition coefficient (Wildman–Crippen LogP) is 5.63. The second-order valence-electron chi connectivity index (χ2n) is 8.83. The summed E-state index contributed by atoms with van der Waals surface area (Å²) in [5.74, 6) is 0.973. The van der Waals surface area contributed by atoms with Gasteiger partial charge in [-0.05, 0) is 71.1 Å². The van der Waals surface area contributed by atoms with Crippen LogP contribution in [0.15, 0.2) is 44.9 Å². The molecule has 3 rings (SSSR count). The first-order chi connectivity index (χ1) is 14.6. The van der Waals surface area contributed by atoms with Gasteiger partial charge in [-0.3, -0.25) is 4.79 Å². The molecule has 0 saturated carbocycles. The number of carboxylic acids is 1. The molecular weight excluding hydrogens is 430 g/mol. The van der Waals surface area contributed by atoms with Crippen LogP contribution in [0.25, 0.3) is 0 Å². The summed E-state index contributed by atoms with van der Waals surface area (Å²) in [6.45, 7) is 9.19. The first kappa shape index (κ1) is 24.0. The molecule has 0 radical (unpaired) electrons. The van der Waals surface area contributed by atoms with Gasteiger partial charge in [-0.1, -0.05) is 30.0 Å². The fourth-order valence-electron chi connectivity index (χ4n) is 3.96. The van der Waals surface area contributed by atoms with Gasteiger partial charge in [0.1, 0.15) is 0 Å². The Morgan fingerprint density at radius 3 is 2.35 bits per heavy atom. The smallest absolute Gasteiger partial charge is 0.339 e. The summed E-state index contributed by atoms with van der Waals surface area (Å²) in [6.07, 6.45) is 0.688. The van der Waals surface area contributed by atoms with Gasteiger partial charge in [-0.25, -0.2) is 4.79 Å².